The van der Waals surface area contributed by atoms with Crippen LogP contribution in [0.3, 0.4) is 0 Å². The smallest absolute Gasteiger partial charge is 0.147 e. The van der Waals surface area contributed by atoms with Crippen molar-refractivity contribution in [2.45, 2.75) is 64.4 Å². The molecule has 114 valence electrons. The Bertz CT molecular complexity index is 312. The lowest BCUT2D eigenvalue weighted by Gasteiger charge is -2.31. The molecule has 1 aliphatic heterocycles. The van der Waals surface area contributed by atoms with E-state index in [-0.39, 0.29) is 6.23 Å². The summed E-state index contributed by atoms with van der Waals surface area (Å²) in [4.78, 5) is 4.13. The van der Waals surface area contributed by atoms with Gasteiger partial charge < -0.3 is 20.7 Å². The van der Waals surface area contributed by atoms with Crippen molar-refractivity contribution in [1.29, 1.82) is 0 Å². The molecular formula is C14H27BN2O3. The van der Waals surface area contributed by atoms with Crippen LogP contribution < -0.4 is 5.73 Å². The molecule has 0 bridgehead atoms. The van der Waals surface area contributed by atoms with Crippen LogP contribution in [0.25, 0.3) is 0 Å². The number of hydrogen-bond acceptors (Lipinski definition) is 5. The molecule has 1 atom stereocenters. The van der Waals surface area contributed by atoms with Gasteiger partial charge in [0.1, 0.15) is 14.1 Å². The Morgan fingerprint density at radius 3 is 2.15 bits per heavy atom. The predicted octanol–water partition coefficient (Wildman–Crippen LogP) is 1.08. The number of ether oxygens (including phenoxy) is 1. The number of rotatable bonds is 3. The molecule has 1 saturated heterocycles. The molecule has 0 aromatic carbocycles. The number of nitrogens with zero attached hydrogens (tertiary/aromatic N) is 1. The number of aliphatic hydroxyl groups is 2. The molecule has 6 heteroatoms. The molecule has 2 radical (unpaired) electrons. The van der Waals surface area contributed by atoms with E-state index in [4.69, 9.17) is 28.5 Å². The predicted molar refractivity (Wildman–Crippen MR) is 82.7 cm³/mol. The van der Waals surface area contributed by atoms with Gasteiger partial charge in [-0.3, -0.25) is 4.99 Å². The lowest BCUT2D eigenvalue weighted by molar-refractivity contribution is -0.107. The van der Waals surface area contributed by atoms with Gasteiger partial charge >= 0.3 is 0 Å². The zero-order chi connectivity index (χ0) is 15.8. The van der Waals surface area contributed by atoms with Crippen LogP contribution in [0.4, 0.5) is 0 Å². The summed E-state index contributed by atoms with van der Waals surface area (Å²) in [5, 5.41) is 18.2. The molecule has 0 aliphatic carbocycles. The molecule has 20 heavy (non-hydrogen) atoms. The van der Waals surface area contributed by atoms with Gasteiger partial charge in [0.2, 0.25) is 0 Å². The molecule has 0 saturated carbocycles. The van der Waals surface area contributed by atoms with E-state index in [1.807, 2.05) is 0 Å². The van der Waals surface area contributed by atoms with Crippen molar-refractivity contribution in [1.82, 2.24) is 0 Å². The highest BCUT2D eigenvalue weighted by Gasteiger charge is 2.31. The summed E-state index contributed by atoms with van der Waals surface area (Å²) in [5.41, 5.74) is 3.57. The molecule has 5 nitrogen and oxygen atoms in total. The third kappa shape index (κ3) is 8.35. The summed E-state index contributed by atoms with van der Waals surface area (Å²) in [7, 11) is 5.52. The molecule has 0 aromatic rings. The standard InChI is InChI=1S/C8H13BN2O.C6H14O2/c9-7(4-5-10)11-8-3-1-2-6-12-8;1-5(2,7)6(3,4)8/h4-5,8H,1-3,6,10H2;7-8H,1-4H3/b5-4-,11-7-;. The first kappa shape index (κ1) is 19.2. The summed E-state index contributed by atoms with van der Waals surface area (Å²) >= 11 is 0. The van der Waals surface area contributed by atoms with Crippen molar-refractivity contribution in [2.75, 3.05) is 6.61 Å². The van der Waals surface area contributed by atoms with Gasteiger partial charge in [-0.25, -0.2) is 0 Å². The second-order valence-electron chi connectivity index (χ2n) is 5.85. The second kappa shape index (κ2) is 8.44. The third-order valence-corrected chi connectivity index (χ3v) is 3.21. The van der Waals surface area contributed by atoms with Gasteiger partial charge in [0.25, 0.3) is 0 Å². The highest BCUT2D eigenvalue weighted by molar-refractivity contribution is 6.63. The van der Waals surface area contributed by atoms with Crippen LogP contribution in [0.5, 0.6) is 0 Å². The molecule has 1 fully saturated rings. The number of aliphatic imine (C=N–C) groups is 1. The molecule has 1 unspecified atom stereocenters. The summed E-state index contributed by atoms with van der Waals surface area (Å²) in [6.07, 6.45) is 6.13. The Hall–Kier alpha value is -0.845. The first-order valence-corrected chi connectivity index (χ1v) is 6.86. The summed E-state index contributed by atoms with van der Waals surface area (Å²) < 4.78 is 5.35. The van der Waals surface area contributed by atoms with Gasteiger partial charge in [0.05, 0.1) is 11.2 Å². The van der Waals surface area contributed by atoms with E-state index in [1.54, 1.807) is 33.8 Å². The van der Waals surface area contributed by atoms with Crippen molar-refractivity contribution in [3.05, 3.63) is 12.3 Å². The minimum atomic E-state index is -1.01. The first-order valence-electron chi connectivity index (χ1n) is 6.86. The monoisotopic (exact) mass is 282 g/mol. The van der Waals surface area contributed by atoms with Gasteiger partial charge in [0.15, 0.2) is 0 Å². The molecule has 0 spiro atoms. The van der Waals surface area contributed by atoms with E-state index < -0.39 is 11.2 Å². The maximum absolute atomic E-state index is 9.10. The Morgan fingerprint density at radius 2 is 1.80 bits per heavy atom. The van der Waals surface area contributed by atoms with E-state index in [0.717, 1.165) is 25.9 Å². The molecular weight excluding hydrogens is 255 g/mol. The number of hydrogen-bond donors (Lipinski definition) is 3. The topological polar surface area (TPSA) is 88.1 Å². The Labute approximate surface area is 123 Å². The van der Waals surface area contributed by atoms with E-state index in [0.29, 0.717) is 5.61 Å². The maximum atomic E-state index is 9.10. The van der Waals surface area contributed by atoms with E-state index in [2.05, 4.69) is 4.99 Å². The minimum absolute atomic E-state index is 0.0602. The highest BCUT2D eigenvalue weighted by Crippen LogP contribution is 2.19. The van der Waals surface area contributed by atoms with Crippen molar-refractivity contribution >= 4 is 13.5 Å². The Kier molecular flexibility index (Phi) is 8.09. The zero-order valence-corrected chi connectivity index (χ0v) is 13.0. The van der Waals surface area contributed by atoms with Crippen molar-refractivity contribution in [3.63, 3.8) is 0 Å². The Balaban J connectivity index is 0.000000396. The molecule has 1 aliphatic rings. The normalized spacial score (nSPS) is 21.5. The van der Waals surface area contributed by atoms with Crippen LogP contribution in [-0.2, 0) is 4.74 Å². The van der Waals surface area contributed by atoms with Crippen LogP contribution in [0, 0.1) is 0 Å². The second-order valence-corrected chi connectivity index (χ2v) is 5.85. The number of nitrogens with two attached hydrogens (primary N) is 1. The zero-order valence-electron chi connectivity index (χ0n) is 13.0. The molecule has 0 amide bonds. The molecule has 1 heterocycles. The van der Waals surface area contributed by atoms with Gasteiger partial charge in [-0.1, -0.05) is 0 Å². The van der Waals surface area contributed by atoms with E-state index >= 15 is 0 Å². The summed E-state index contributed by atoms with van der Waals surface area (Å²) in [6, 6.07) is 0. The van der Waals surface area contributed by atoms with Crippen LogP contribution >= 0.6 is 0 Å². The van der Waals surface area contributed by atoms with Crippen molar-refractivity contribution in [2.24, 2.45) is 10.7 Å². The fraction of sp³-hybridized carbons (Fsp3) is 0.786. The van der Waals surface area contributed by atoms with Gasteiger partial charge in [-0.2, -0.15) is 0 Å². The maximum Gasteiger partial charge on any atom is 0.147 e. The van der Waals surface area contributed by atoms with Crippen molar-refractivity contribution < 1.29 is 14.9 Å². The fourth-order valence-electron chi connectivity index (χ4n) is 1.13. The van der Waals surface area contributed by atoms with Gasteiger partial charge in [-0.05, 0) is 64.8 Å². The van der Waals surface area contributed by atoms with Gasteiger partial charge in [-0.15, -0.1) is 0 Å². The average molecular weight is 282 g/mol. The lowest BCUT2D eigenvalue weighted by Crippen LogP contribution is -2.44. The SMILES string of the molecule is CC(C)(O)C(C)(C)O.[B]C(/C=C\N)=N\C1CCCCO1. The lowest BCUT2D eigenvalue weighted by atomic mass is 9.90. The minimum Gasteiger partial charge on any atom is -0.405 e. The molecule has 0 aromatic heterocycles. The van der Waals surface area contributed by atoms with Gasteiger partial charge in [0, 0.05) is 6.61 Å². The van der Waals surface area contributed by atoms with E-state index in [1.165, 1.54) is 6.20 Å². The summed E-state index contributed by atoms with van der Waals surface area (Å²) in [6.45, 7) is 7.09. The fourth-order valence-corrected chi connectivity index (χ4v) is 1.13. The van der Waals surface area contributed by atoms with Crippen LogP contribution in [-0.4, -0.2) is 47.7 Å². The van der Waals surface area contributed by atoms with Crippen LogP contribution in [0.1, 0.15) is 47.0 Å². The first-order chi connectivity index (χ1) is 9.08. The third-order valence-electron chi connectivity index (χ3n) is 3.21. The largest absolute Gasteiger partial charge is 0.405 e. The van der Waals surface area contributed by atoms with E-state index in [9.17, 15) is 0 Å². The average Bonchev–Trinajstić information content (AvgIpc) is 2.28. The molecule has 4 N–H and O–H groups in total. The Morgan fingerprint density at radius 1 is 1.25 bits per heavy atom. The van der Waals surface area contributed by atoms with Crippen molar-refractivity contribution in [3.8, 4) is 0 Å². The number of allylic oxidation sites excluding steroid dienone is 1. The quantitative estimate of drug-likeness (QED) is 0.534. The van der Waals surface area contributed by atoms with Crippen LogP contribution in [0.15, 0.2) is 17.3 Å². The van der Waals surface area contributed by atoms with Crippen LogP contribution in [0.2, 0.25) is 0 Å². The summed E-state index contributed by atoms with van der Waals surface area (Å²) in [5.74, 6) is 0. The highest BCUT2D eigenvalue weighted by atomic mass is 16.5. The molecule has 1 rings (SSSR count).